The summed E-state index contributed by atoms with van der Waals surface area (Å²) < 4.78 is 0. The van der Waals surface area contributed by atoms with Gasteiger partial charge in [0.2, 0.25) is 0 Å². The molecule has 0 aliphatic carbocycles. The first kappa shape index (κ1) is 8.75. The second-order valence-corrected chi connectivity index (χ2v) is 2.08. The van der Waals surface area contributed by atoms with Crippen molar-refractivity contribution in [1.82, 2.24) is 0 Å². The molecule has 0 radical (unpaired) electrons. The number of rotatable bonds is 0. The molecule has 0 atom stereocenters. The van der Waals surface area contributed by atoms with Crippen LogP contribution in [0.25, 0.3) is 0 Å². The second kappa shape index (κ2) is 3.72. The Morgan fingerprint density at radius 1 is 0.889 bits per heavy atom. The topological polar surface area (TPSA) is 0 Å². The van der Waals surface area contributed by atoms with E-state index in [9.17, 15) is 0 Å². The van der Waals surface area contributed by atoms with E-state index in [1.165, 1.54) is 11.1 Å². The summed E-state index contributed by atoms with van der Waals surface area (Å²) >= 11 is 0. The number of hydrogen-bond donors (Lipinski definition) is 0. The quantitative estimate of drug-likeness (QED) is 0.543. The van der Waals surface area contributed by atoms with Crippen LogP contribution in [0, 0.1) is 13.8 Å². The number of benzene rings is 1. The first-order valence-electron chi connectivity index (χ1n) is 2.83. The molecule has 0 fully saturated rings. The molecule has 1 aromatic carbocycles. The van der Waals surface area contributed by atoms with Gasteiger partial charge in [-0.3, -0.25) is 0 Å². The fourth-order valence-electron chi connectivity index (χ4n) is 0.663. The molecule has 0 aromatic heterocycles. The minimum absolute atomic E-state index is 0. The molecule has 0 aliphatic heterocycles. The van der Waals surface area contributed by atoms with Crippen molar-refractivity contribution in [1.29, 1.82) is 0 Å². The van der Waals surface area contributed by atoms with Crippen molar-refractivity contribution in [3.05, 3.63) is 35.4 Å². The van der Waals surface area contributed by atoms with Crippen LogP contribution in [0.2, 0.25) is 0 Å². The summed E-state index contributed by atoms with van der Waals surface area (Å²) in [4.78, 5) is 0. The fourth-order valence-corrected chi connectivity index (χ4v) is 0.663. The predicted octanol–water partition coefficient (Wildman–Crippen LogP) is 2.30. The third-order valence-corrected chi connectivity index (χ3v) is 1.43. The van der Waals surface area contributed by atoms with Crippen LogP contribution < -0.4 is 0 Å². The molecule has 46 valence electrons. The Balaban J connectivity index is 0.000000640. The molecule has 0 saturated carbocycles. The van der Waals surface area contributed by atoms with Gasteiger partial charge in [-0.05, 0) is 25.0 Å². The molecule has 0 bridgehead atoms. The molecular weight excluding hydrogens is 148 g/mol. The summed E-state index contributed by atoms with van der Waals surface area (Å²) in [5.41, 5.74) is 2.74. The van der Waals surface area contributed by atoms with Crippen LogP contribution in [0.1, 0.15) is 11.1 Å². The van der Waals surface area contributed by atoms with Crippen LogP contribution in [0.15, 0.2) is 24.3 Å². The summed E-state index contributed by atoms with van der Waals surface area (Å²) in [6, 6.07) is 8.36. The molecule has 1 aromatic rings. The summed E-state index contributed by atoms with van der Waals surface area (Å²) in [6.07, 6.45) is 0. The zero-order valence-corrected chi connectivity index (χ0v) is 6.99. The first-order valence-corrected chi connectivity index (χ1v) is 2.83. The zero-order valence-electron chi connectivity index (χ0n) is 5.72. The van der Waals surface area contributed by atoms with Crippen LogP contribution in [0.5, 0.6) is 0 Å². The normalized spacial score (nSPS) is 8.22. The van der Waals surface area contributed by atoms with E-state index >= 15 is 0 Å². The largest absolute Gasteiger partial charge is 2.00 e. The average molecular weight is 158 g/mol. The van der Waals surface area contributed by atoms with Crippen molar-refractivity contribution in [3.8, 4) is 0 Å². The van der Waals surface area contributed by atoms with E-state index in [-0.39, 0.29) is 17.4 Å². The third-order valence-electron chi connectivity index (χ3n) is 1.43. The molecule has 0 N–H and O–H groups in total. The van der Waals surface area contributed by atoms with Crippen molar-refractivity contribution in [3.63, 3.8) is 0 Å². The van der Waals surface area contributed by atoms with Gasteiger partial charge in [0, 0.05) is 0 Å². The van der Waals surface area contributed by atoms with Crippen molar-refractivity contribution >= 4 is 0 Å². The standard InChI is InChI=1S/C8H10.Cr/c1-7-5-3-4-6-8(7)2;/h3-6H,1-2H3;/q;+2. The van der Waals surface area contributed by atoms with Crippen molar-refractivity contribution < 1.29 is 17.4 Å². The Morgan fingerprint density at radius 2 is 1.22 bits per heavy atom. The van der Waals surface area contributed by atoms with Gasteiger partial charge in [0.25, 0.3) is 0 Å². The van der Waals surface area contributed by atoms with E-state index in [0.29, 0.717) is 0 Å². The maximum atomic E-state index is 2.12. The van der Waals surface area contributed by atoms with Gasteiger partial charge in [0.1, 0.15) is 0 Å². The van der Waals surface area contributed by atoms with E-state index in [1.807, 2.05) is 0 Å². The predicted molar refractivity (Wildman–Crippen MR) is 35.9 cm³/mol. The van der Waals surface area contributed by atoms with Gasteiger partial charge in [-0.2, -0.15) is 0 Å². The number of aryl methyl sites for hydroxylation is 2. The smallest absolute Gasteiger partial charge is 0.0620 e. The average Bonchev–Trinajstić information content (AvgIpc) is 1.77. The molecule has 0 spiro atoms. The summed E-state index contributed by atoms with van der Waals surface area (Å²) in [5, 5.41) is 0. The van der Waals surface area contributed by atoms with Crippen molar-refractivity contribution in [2.45, 2.75) is 13.8 Å². The van der Waals surface area contributed by atoms with E-state index in [2.05, 4.69) is 38.1 Å². The Kier molecular flexibility index (Phi) is 3.61. The maximum Gasteiger partial charge on any atom is 2.00 e. The molecule has 0 unspecified atom stereocenters. The third kappa shape index (κ3) is 2.22. The minimum Gasteiger partial charge on any atom is -0.0620 e. The monoisotopic (exact) mass is 158 g/mol. The second-order valence-electron chi connectivity index (χ2n) is 2.08. The molecular formula is C8H10Cr+2. The molecule has 1 heteroatoms. The molecule has 0 heterocycles. The van der Waals surface area contributed by atoms with Crippen LogP contribution in [-0.2, 0) is 17.4 Å². The van der Waals surface area contributed by atoms with Gasteiger partial charge >= 0.3 is 17.4 Å². The van der Waals surface area contributed by atoms with E-state index in [0.717, 1.165) is 0 Å². The Morgan fingerprint density at radius 3 is 1.44 bits per heavy atom. The van der Waals surface area contributed by atoms with Crippen LogP contribution in [0.3, 0.4) is 0 Å². The molecule has 0 aliphatic rings. The molecule has 1 rings (SSSR count). The van der Waals surface area contributed by atoms with Gasteiger partial charge in [-0.25, -0.2) is 0 Å². The Hall–Kier alpha value is -0.248. The summed E-state index contributed by atoms with van der Waals surface area (Å²) in [5.74, 6) is 0. The van der Waals surface area contributed by atoms with E-state index in [4.69, 9.17) is 0 Å². The molecule has 9 heavy (non-hydrogen) atoms. The van der Waals surface area contributed by atoms with Gasteiger partial charge in [-0.15, -0.1) is 0 Å². The fraction of sp³-hybridized carbons (Fsp3) is 0.250. The van der Waals surface area contributed by atoms with Crippen LogP contribution in [-0.4, -0.2) is 0 Å². The molecule has 0 nitrogen and oxygen atoms in total. The molecule has 0 saturated heterocycles. The van der Waals surface area contributed by atoms with Gasteiger partial charge in [0.15, 0.2) is 0 Å². The zero-order chi connectivity index (χ0) is 5.98. The summed E-state index contributed by atoms with van der Waals surface area (Å²) in [6.45, 7) is 4.24. The van der Waals surface area contributed by atoms with Crippen LogP contribution in [0.4, 0.5) is 0 Å². The number of hydrogen-bond acceptors (Lipinski definition) is 0. The Labute approximate surface area is 67.0 Å². The van der Waals surface area contributed by atoms with Crippen LogP contribution >= 0.6 is 0 Å². The molecule has 0 amide bonds. The van der Waals surface area contributed by atoms with E-state index in [1.54, 1.807) is 0 Å². The minimum atomic E-state index is 0. The van der Waals surface area contributed by atoms with Gasteiger partial charge in [0.05, 0.1) is 0 Å². The van der Waals surface area contributed by atoms with E-state index < -0.39 is 0 Å². The maximum absolute atomic E-state index is 2.12. The first-order chi connectivity index (χ1) is 3.80. The SMILES string of the molecule is Cc1ccccc1C.[Cr+2]. The van der Waals surface area contributed by atoms with Gasteiger partial charge in [-0.1, -0.05) is 24.3 Å². The van der Waals surface area contributed by atoms with Crippen molar-refractivity contribution in [2.75, 3.05) is 0 Å². The summed E-state index contributed by atoms with van der Waals surface area (Å²) in [7, 11) is 0. The van der Waals surface area contributed by atoms with Gasteiger partial charge < -0.3 is 0 Å². The van der Waals surface area contributed by atoms with Crippen molar-refractivity contribution in [2.24, 2.45) is 0 Å². The Bertz CT molecular complexity index is 161.